The van der Waals surface area contributed by atoms with Crippen LogP contribution in [0.2, 0.25) is 0 Å². The second-order valence-corrected chi connectivity index (χ2v) is 4.04. The lowest BCUT2D eigenvalue weighted by atomic mass is 10.2. The SMILES string of the molecule is C=CCN(CC=C)C(=O)N(CC)CC(C)C(=O)O. The summed E-state index contributed by atoms with van der Waals surface area (Å²) < 4.78 is 0. The number of urea groups is 1. The molecule has 0 bridgehead atoms. The zero-order valence-corrected chi connectivity index (χ0v) is 11.1. The molecule has 5 nitrogen and oxygen atoms in total. The van der Waals surface area contributed by atoms with Crippen molar-refractivity contribution in [3.05, 3.63) is 25.3 Å². The third kappa shape index (κ3) is 5.03. The fraction of sp³-hybridized carbons (Fsp3) is 0.538. The lowest BCUT2D eigenvalue weighted by molar-refractivity contribution is -0.141. The van der Waals surface area contributed by atoms with Crippen LogP contribution in [0.4, 0.5) is 4.79 Å². The van der Waals surface area contributed by atoms with Crippen molar-refractivity contribution < 1.29 is 14.7 Å². The van der Waals surface area contributed by atoms with E-state index in [1.165, 1.54) is 4.90 Å². The summed E-state index contributed by atoms with van der Waals surface area (Å²) in [5.74, 6) is -1.48. The standard InChI is InChI=1S/C13H22N2O3/c1-5-8-15(9-6-2)13(18)14(7-3)10-11(4)12(16)17/h5-6,11H,1-2,7-10H2,3-4H3,(H,16,17). The van der Waals surface area contributed by atoms with Gasteiger partial charge >= 0.3 is 12.0 Å². The van der Waals surface area contributed by atoms with Gasteiger partial charge in [0.2, 0.25) is 0 Å². The van der Waals surface area contributed by atoms with Crippen LogP contribution in [0.1, 0.15) is 13.8 Å². The van der Waals surface area contributed by atoms with Crippen molar-refractivity contribution in [2.75, 3.05) is 26.2 Å². The first kappa shape index (κ1) is 16.2. The maximum absolute atomic E-state index is 12.2. The molecular weight excluding hydrogens is 232 g/mol. The summed E-state index contributed by atoms with van der Waals surface area (Å²) in [5, 5.41) is 8.87. The third-order valence-electron chi connectivity index (χ3n) is 2.54. The molecule has 1 unspecified atom stereocenters. The maximum atomic E-state index is 12.2. The number of amides is 2. The van der Waals surface area contributed by atoms with Crippen LogP contribution in [-0.4, -0.2) is 53.1 Å². The molecule has 0 aliphatic rings. The Labute approximate surface area is 108 Å². The second-order valence-electron chi connectivity index (χ2n) is 4.04. The first-order valence-corrected chi connectivity index (χ1v) is 5.96. The van der Waals surface area contributed by atoms with Crippen molar-refractivity contribution in [3.63, 3.8) is 0 Å². The van der Waals surface area contributed by atoms with Crippen molar-refractivity contribution in [2.45, 2.75) is 13.8 Å². The van der Waals surface area contributed by atoms with Gasteiger partial charge in [-0.3, -0.25) is 4.79 Å². The molecule has 0 aliphatic heterocycles. The van der Waals surface area contributed by atoms with E-state index < -0.39 is 11.9 Å². The van der Waals surface area contributed by atoms with Gasteiger partial charge in [-0.2, -0.15) is 0 Å². The van der Waals surface area contributed by atoms with Crippen LogP contribution >= 0.6 is 0 Å². The average molecular weight is 254 g/mol. The largest absolute Gasteiger partial charge is 0.481 e. The molecular formula is C13H22N2O3. The Morgan fingerprint density at radius 1 is 1.22 bits per heavy atom. The molecule has 0 aliphatic carbocycles. The molecule has 1 N–H and O–H groups in total. The van der Waals surface area contributed by atoms with Crippen LogP contribution < -0.4 is 0 Å². The quantitative estimate of drug-likeness (QED) is 0.672. The highest BCUT2D eigenvalue weighted by atomic mass is 16.4. The van der Waals surface area contributed by atoms with Gasteiger partial charge in [0.1, 0.15) is 0 Å². The highest BCUT2D eigenvalue weighted by Crippen LogP contribution is 2.05. The summed E-state index contributed by atoms with van der Waals surface area (Å²) in [4.78, 5) is 26.1. The van der Waals surface area contributed by atoms with Gasteiger partial charge in [0.05, 0.1) is 5.92 Å². The molecule has 0 saturated heterocycles. The van der Waals surface area contributed by atoms with E-state index in [9.17, 15) is 9.59 Å². The molecule has 5 heteroatoms. The lowest BCUT2D eigenvalue weighted by Gasteiger charge is -2.29. The van der Waals surface area contributed by atoms with Crippen molar-refractivity contribution in [2.24, 2.45) is 5.92 Å². The minimum absolute atomic E-state index is 0.189. The van der Waals surface area contributed by atoms with Gasteiger partial charge < -0.3 is 14.9 Å². The predicted octanol–water partition coefficient (Wildman–Crippen LogP) is 1.82. The minimum atomic E-state index is -0.903. The summed E-state index contributed by atoms with van der Waals surface area (Å²) in [6, 6.07) is -0.189. The number of carboxylic acid groups (broad SMARTS) is 1. The van der Waals surface area contributed by atoms with E-state index in [1.807, 2.05) is 6.92 Å². The van der Waals surface area contributed by atoms with Crippen LogP contribution in [0, 0.1) is 5.92 Å². The van der Waals surface area contributed by atoms with E-state index in [2.05, 4.69) is 13.2 Å². The molecule has 18 heavy (non-hydrogen) atoms. The van der Waals surface area contributed by atoms with Gasteiger partial charge in [0.15, 0.2) is 0 Å². The smallest absolute Gasteiger partial charge is 0.320 e. The van der Waals surface area contributed by atoms with E-state index in [0.717, 1.165) is 0 Å². The number of aliphatic carboxylic acids is 1. The van der Waals surface area contributed by atoms with E-state index in [4.69, 9.17) is 5.11 Å². The van der Waals surface area contributed by atoms with Crippen LogP contribution in [0.3, 0.4) is 0 Å². The molecule has 0 aromatic carbocycles. The fourth-order valence-electron chi connectivity index (χ4n) is 1.49. The number of carbonyl (C=O) groups excluding carboxylic acids is 1. The van der Waals surface area contributed by atoms with Crippen molar-refractivity contribution in [3.8, 4) is 0 Å². The Morgan fingerprint density at radius 2 is 1.72 bits per heavy atom. The van der Waals surface area contributed by atoms with Gasteiger partial charge in [0, 0.05) is 26.2 Å². The summed E-state index contributed by atoms with van der Waals surface area (Å²) in [6.45, 7) is 12.1. The van der Waals surface area contributed by atoms with Crippen molar-refractivity contribution in [1.29, 1.82) is 0 Å². The molecule has 1 atom stereocenters. The minimum Gasteiger partial charge on any atom is -0.481 e. The van der Waals surface area contributed by atoms with Crippen molar-refractivity contribution in [1.82, 2.24) is 9.80 Å². The van der Waals surface area contributed by atoms with Gasteiger partial charge in [-0.15, -0.1) is 13.2 Å². The lowest BCUT2D eigenvalue weighted by Crippen LogP contribution is -2.45. The number of carbonyl (C=O) groups is 2. The van der Waals surface area contributed by atoms with Crippen LogP contribution in [0.15, 0.2) is 25.3 Å². The van der Waals surface area contributed by atoms with E-state index in [1.54, 1.807) is 24.0 Å². The molecule has 0 aromatic rings. The number of nitrogens with zero attached hydrogens (tertiary/aromatic N) is 2. The first-order valence-electron chi connectivity index (χ1n) is 5.96. The average Bonchev–Trinajstić information content (AvgIpc) is 2.34. The van der Waals surface area contributed by atoms with E-state index in [-0.39, 0.29) is 12.6 Å². The highest BCUT2D eigenvalue weighted by Gasteiger charge is 2.22. The molecule has 0 aromatic heterocycles. The Bertz CT molecular complexity index is 305. The number of hydrogen-bond donors (Lipinski definition) is 1. The predicted molar refractivity (Wildman–Crippen MR) is 71.4 cm³/mol. The monoisotopic (exact) mass is 254 g/mol. The molecule has 0 radical (unpaired) electrons. The Hall–Kier alpha value is -1.78. The van der Waals surface area contributed by atoms with Crippen LogP contribution in [-0.2, 0) is 4.79 Å². The topological polar surface area (TPSA) is 60.9 Å². The molecule has 0 fully saturated rings. The Balaban J connectivity index is 4.69. The van der Waals surface area contributed by atoms with Crippen LogP contribution in [0.5, 0.6) is 0 Å². The summed E-state index contributed by atoms with van der Waals surface area (Å²) in [5.41, 5.74) is 0. The zero-order chi connectivity index (χ0) is 14.1. The maximum Gasteiger partial charge on any atom is 0.320 e. The normalized spacial score (nSPS) is 11.4. The Morgan fingerprint density at radius 3 is 2.06 bits per heavy atom. The molecule has 0 spiro atoms. The number of rotatable bonds is 8. The van der Waals surface area contributed by atoms with E-state index >= 15 is 0 Å². The van der Waals surface area contributed by atoms with Crippen molar-refractivity contribution >= 4 is 12.0 Å². The molecule has 0 heterocycles. The molecule has 102 valence electrons. The zero-order valence-electron chi connectivity index (χ0n) is 11.1. The molecule has 2 amide bonds. The Kier molecular flexibility index (Phi) is 7.51. The second kappa shape index (κ2) is 8.33. The third-order valence-corrected chi connectivity index (χ3v) is 2.54. The molecule has 0 rings (SSSR count). The summed E-state index contributed by atoms with van der Waals surface area (Å²) in [7, 11) is 0. The number of carboxylic acids is 1. The van der Waals surface area contributed by atoms with E-state index in [0.29, 0.717) is 19.6 Å². The number of hydrogen-bond acceptors (Lipinski definition) is 2. The summed E-state index contributed by atoms with van der Waals surface area (Å²) in [6.07, 6.45) is 3.27. The summed E-state index contributed by atoms with van der Waals surface area (Å²) >= 11 is 0. The highest BCUT2D eigenvalue weighted by molar-refractivity contribution is 5.76. The fourth-order valence-corrected chi connectivity index (χ4v) is 1.49. The van der Waals surface area contributed by atoms with Gasteiger partial charge in [-0.1, -0.05) is 19.1 Å². The van der Waals surface area contributed by atoms with Gasteiger partial charge in [0.25, 0.3) is 0 Å². The first-order chi connectivity index (χ1) is 8.47. The van der Waals surface area contributed by atoms with Crippen LogP contribution in [0.25, 0.3) is 0 Å². The van der Waals surface area contributed by atoms with Gasteiger partial charge in [-0.25, -0.2) is 4.79 Å². The molecule has 0 saturated carbocycles. The van der Waals surface area contributed by atoms with Gasteiger partial charge in [-0.05, 0) is 6.92 Å².